The molecule has 18 heavy (non-hydrogen) atoms. The van der Waals surface area contributed by atoms with E-state index in [4.69, 9.17) is 16.3 Å². The van der Waals surface area contributed by atoms with Crippen LogP contribution in [0.25, 0.3) is 0 Å². The van der Waals surface area contributed by atoms with Crippen LogP contribution < -0.4 is 4.74 Å². The molecule has 0 radical (unpaired) electrons. The molecule has 0 bridgehead atoms. The van der Waals surface area contributed by atoms with Gasteiger partial charge in [0.1, 0.15) is 11.9 Å². The van der Waals surface area contributed by atoms with E-state index in [1.165, 1.54) is 0 Å². The van der Waals surface area contributed by atoms with Crippen molar-refractivity contribution in [2.24, 2.45) is 0 Å². The molecule has 1 aromatic carbocycles. The summed E-state index contributed by atoms with van der Waals surface area (Å²) < 4.78 is 5.49. The topological polar surface area (TPSA) is 66.8 Å². The van der Waals surface area contributed by atoms with E-state index < -0.39 is 12.1 Å². The number of hydrogen-bond donors (Lipinski definition) is 2. The van der Waals surface area contributed by atoms with Gasteiger partial charge in [0.25, 0.3) is 0 Å². The Morgan fingerprint density at radius 3 is 2.83 bits per heavy atom. The summed E-state index contributed by atoms with van der Waals surface area (Å²) in [6.45, 7) is 0.301. The van der Waals surface area contributed by atoms with Crippen molar-refractivity contribution in [2.75, 3.05) is 6.61 Å². The zero-order valence-corrected chi connectivity index (χ0v) is 10.0. The quantitative estimate of drug-likeness (QED) is 0.717. The molecular formula is C14H16O4. The highest BCUT2D eigenvalue weighted by molar-refractivity contribution is 5.67. The molecule has 0 fully saturated rings. The molecule has 0 aliphatic carbocycles. The minimum atomic E-state index is -0.840. The van der Waals surface area contributed by atoms with Crippen molar-refractivity contribution in [3.05, 3.63) is 29.8 Å². The number of aliphatic hydroxyl groups excluding tert-OH is 1. The summed E-state index contributed by atoms with van der Waals surface area (Å²) in [4.78, 5) is 10.5. The first-order valence-electron chi connectivity index (χ1n) is 5.70. The van der Waals surface area contributed by atoms with Gasteiger partial charge in [-0.05, 0) is 18.1 Å². The fraction of sp³-hybridized carbons (Fsp3) is 0.357. The fourth-order valence-corrected chi connectivity index (χ4v) is 1.46. The van der Waals surface area contributed by atoms with Gasteiger partial charge in [0, 0.05) is 12.8 Å². The van der Waals surface area contributed by atoms with Gasteiger partial charge < -0.3 is 14.9 Å². The van der Waals surface area contributed by atoms with E-state index in [1.54, 1.807) is 6.07 Å². The lowest BCUT2D eigenvalue weighted by Gasteiger charge is -2.11. The monoisotopic (exact) mass is 248 g/mol. The summed E-state index contributed by atoms with van der Waals surface area (Å²) in [6, 6.07) is 7.26. The first-order chi connectivity index (χ1) is 8.63. The normalized spacial score (nSPS) is 11.6. The Labute approximate surface area is 106 Å². The highest BCUT2D eigenvalue weighted by Crippen LogP contribution is 2.19. The molecular weight excluding hydrogens is 232 g/mol. The van der Waals surface area contributed by atoms with Gasteiger partial charge in [0.2, 0.25) is 0 Å². The van der Waals surface area contributed by atoms with E-state index >= 15 is 0 Å². The van der Waals surface area contributed by atoms with Gasteiger partial charge in [-0.15, -0.1) is 6.42 Å². The Kier molecular flexibility index (Phi) is 5.75. The minimum absolute atomic E-state index is 0.0629. The predicted molar refractivity (Wildman–Crippen MR) is 67.4 cm³/mol. The molecule has 1 aromatic rings. The van der Waals surface area contributed by atoms with Crippen LogP contribution in [-0.2, 0) is 11.2 Å². The van der Waals surface area contributed by atoms with Gasteiger partial charge >= 0.3 is 5.97 Å². The predicted octanol–water partition coefficient (Wildman–Crippen LogP) is 1.47. The molecule has 0 aromatic heterocycles. The number of carbonyl (C=O) groups is 1. The third-order valence-corrected chi connectivity index (χ3v) is 2.42. The zero-order valence-electron chi connectivity index (χ0n) is 10.0. The Bertz CT molecular complexity index is 434. The number of rotatable bonds is 7. The molecule has 0 saturated carbocycles. The second-order valence-electron chi connectivity index (χ2n) is 3.82. The van der Waals surface area contributed by atoms with E-state index in [9.17, 15) is 9.90 Å². The van der Waals surface area contributed by atoms with Crippen LogP contribution in [0.3, 0.4) is 0 Å². The SMILES string of the molecule is C#CC(O)CCOc1ccccc1CCC(=O)O. The molecule has 0 spiro atoms. The van der Waals surface area contributed by atoms with Crippen LogP contribution in [0.2, 0.25) is 0 Å². The maximum Gasteiger partial charge on any atom is 0.303 e. The second-order valence-corrected chi connectivity index (χ2v) is 3.82. The van der Waals surface area contributed by atoms with Crippen molar-refractivity contribution < 1.29 is 19.7 Å². The Hall–Kier alpha value is -1.99. The zero-order chi connectivity index (χ0) is 13.4. The summed E-state index contributed by atoms with van der Waals surface area (Å²) in [5.41, 5.74) is 0.843. The number of carboxylic acid groups (broad SMARTS) is 1. The van der Waals surface area contributed by atoms with Crippen LogP contribution in [0.1, 0.15) is 18.4 Å². The standard InChI is InChI=1S/C14H16O4/c1-2-12(15)9-10-18-13-6-4-3-5-11(13)7-8-14(16)17/h1,3-6,12,15H,7-10H2,(H,16,17). The first kappa shape index (κ1) is 14.1. The lowest BCUT2D eigenvalue weighted by Crippen LogP contribution is -2.10. The van der Waals surface area contributed by atoms with E-state index in [1.807, 2.05) is 18.2 Å². The number of terminal acetylenes is 1. The number of benzene rings is 1. The van der Waals surface area contributed by atoms with Crippen molar-refractivity contribution in [1.82, 2.24) is 0 Å². The largest absolute Gasteiger partial charge is 0.493 e. The number of aliphatic hydroxyl groups is 1. The van der Waals surface area contributed by atoms with Gasteiger partial charge in [0.15, 0.2) is 0 Å². The molecule has 0 aliphatic rings. The average molecular weight is 248 g/mol. The minimum Gasteiger partial charge on any atom is -0.493 e. The van der Waals surface area contributed by atoms with Crippen molar-refractivity contribution in [1.29, 1.82) is 0 Å². The fourth-order valence-electron chi connectivity index (χ4n) is 1.46. The molecule has 1 rings (SSSR count). The molecule has 0 amide bonds. The van der Waals surface area contributed by atoms with Crippen LogP contribution in [-0.4, -0.2) is 28.9 Å². The van der Waals surface area contributed by atoms with Gasteiger partial charge in [-0.25, -0.2) is 0 Å². The van der Waals surface area contributed by atoms with Gasteiger partial charge in [-0.1, -0.05) is 24.1 Å². The summed E-state index contributed by atoms with van der Waals surface area (Å²) in [5, 5.41) is 17.8. The number of para-hydroxylation sites is 1. The van der Waals surface area contributed by atoms with Crippen LogP contribution in [0, 0.1) is 12.3 Å². The average Bonchev–Trinajstić information content (AvgIpc) is 2.37. The molecule has 96 valence electrons. The van der Waals surface area contributed by atoms with Crippen LogP contribution in [0.5, 0.6) is 5.75 Å². The van der Waals surface area contributed by atoms with Gasteiger partial charge in [0.05, 0.1) is 6.61 Å². The molecule has 0 heterocycles. The smallest absolute Gasteiger partial charge is 0.303 e. The number of carboxylic acids is 1. The third kappa shape index (κ3) is 4.89. The Morgan fingerprint density at radius 1 is 1.44 bits per heavy atom. The van der Waals surface area contributed by atoms with Crippen molar-refractivity contribution in [3.63, 3.8) is 0 Å². The molecule has 4 nitrogen and oxygen atoms in total. The highest BCUT2D eigenvalue weighted by Gasteiger charge is 2.06. The lowest BCUT2D eigenvalue weighted by molar-refractivity contribution is -0.136. The second kappa shape index (κ2) is 7.36. The maximum atomic E-state index is 10.5. The summed E-state index contributed by atoms with van der Waals surface area (Å²) >= 11 is 0. The van der Waals surface area contributed by atoms with E-state index in [0.717, 1.165) is 5.56 Å². The van der Waals surface area contributed by atoms with Crippen molar-refractivity contribution in [2.45, 2.75) is 25.4 Å². The highest BCUT2D eigenvalue weighted by atomic mass is 16.5. The third-order valence-electron chi connectivity index (χ3n) is 2.42. The van der Waals surface area contributed by atoms with Crippen molar-refractivity contribution >= 4 is 5.97 Å². The molecule has 0 saturated heterocycles. The molecule has 4 heteroatoms. The molecule has 1 atom stereocenters. The summed E-state index contributed by atoms with van der Waals surface area (Å²) in [5.74, 6) is 2.01. The van der Waals surface area contributed by atoms with Crippen LogP contribution in [0.15, 0.2) is 24.3 Å². The molecule has 0 aliphatic heterocycles. The number of aliphatic carboxylic acids is 1. The Morgan fingerprint density at radius 2 is 2.17 bits per heavy atom. The molecule has 1 unspecified atom stereocenters. The van der Waals surface area contributed by atoms with E-state index in [0.29, 0.717) is 25.2 Å². The van der Waals surface area contributed by atoms with E-state index in [2.05, 4.69) is 5.92 Å². The lowest BCUT2D eigenvalue weighted by atomic mass is 10.1. The van der Waals surface area contributed by atoms with Gasteiger partial charge in [-0.3, -0.25) is 4.79 Å². The molecule has 2 N–H and O–H groups in total. The number of hydrogen-bond acceptors (Lipinski definition) is 3. The summed E-state index contributed by atoms with van der Waals surface area (Å²) in [6.07, 6.45) is 5.07. The van der Waals surface area contributed by atoms with Gasteiger partial charge in [-0.2, -0.15) is 0 Å². The summed E-state index contributed by atoms with van der Waals surface area (Å²) in [7, 11) is 0. The van der Waals surface area contributed by atoms with Crippen molar-refractivity contribution in [3.8, 4) is 18.1 Å². The van der Waals surface area contributed by atoms with E-state index in [-0.39, 0.29) is 6.42 Å². The Balaban J connectivity index is 2.54. The van der Waals surface area contributed by atoms with Crippen LogP contribution in [0.4, 0.5) is 0 Å². The first-order valence-corrected chi connectivity index (χ1v) is 5.70. The van der Waals surface area contributed by atoms with Crippen LogP contribution >= 0.6 is 0 Å². The number of aryl methyl sites for hydroxylation is 1. The maximum absolute atomic E-state index is 10.5. The number of ether oxygens (including phenoxy) is 1.